The first kappa shape index (κ1) is 14.6. The van der Waals surface area contributed by atoms with E-state index in [1.807, 2.05) is 12.4 Å². The van der Waals surface area contributed by atoms with Crippen LogP contribution in [0.25, 0.3) is 0 Å². The van der Waals surface area contributed by atoms with Gasteiger partial charge in [0.1, 0.15) is 5.82 Å². The van der Waals surface area contributed by atoms with Crippen LogP contribution in [0.4, 0.5) is 0 Å². The van der Waals surface area contributed by atoms with Crippen molar-refractivity contribution in [2.24, 2.45) is 0 Å². The minimum Gasteiger partial charge on any atom is -0.348 e. The zero-order chi connectivity index (χ0) is 14.5. The molecule has 1 aromatic rings. The second-order valence-corrected chi connectivity index (χ2v) is 6.30. The molecule has 1 N–H and O–H groups in total. The highest BCUT2D eigenvalue weighted by Crippen LogP contribution is 2.33. The molecule has 2 atom stereocenters. The van der Waals surface area contributed by atoms with E-state index in [1.54, 1.807) is 0 Å². The number of imidazole rings is 1. The molecule has 21 heavy (non-hydrogen) atoms. The van der Waals surface area contributed by atoms with Gasteiger partial charge < -0.3 is 4.98 Å². The number of nitrogens with zero attached hydrogens (tertiary/aromatic N) is 3. The molecule has 3 rings (SSSR count). The van der Waals surface area contributed by atoms with Gasteiger partial charge >= 0.3 is 0 Å². The van der Waals surface area contributed by atoms with Gasteiger partial charge in [-0.25, -0.2) is 4.98 Å². The maximum absolute atomic E-state index is 5.43. The Kier molecular flexibility index (Phi) is 4.95. The van der Waals surface area contributed by atoms with Crippen LogP contribution in [0.3, 0.4) is 0 Å². The van der Waals surface area contributed by atoms with E-state index in [9.17, 15) is 0 Å². The van der Waals surface area contributed by atoms with Gasteiger partial charge in [0.15, 0.2) is 0 Å². The van der Waals surface area contributed by atoms with Crippen molar-refractivity contribution in [3.8, 4) is 12.3 Å². The standard InChI is InChI=1S/C17H26N4/c1-2-10-20-11-13-21(14-12-20)16-7-5-3-4-6-15(16)17-18-8-9-19-17/h1,8-9,15-16H,3-7,10-14H2,(H,18,19). The lowest BCUT2D eigenvalue weighted by atomic mass is 9.92. The molecule has 1 aliphatic heterocycles. The van der Waals surface area contributed by atoms with Crippen LogP contribution in [0, 0.1) is 12.3 Å². The van der Waals surface area contributed by atoms with Crippen molar-refractivity contribution in [1.29, 1.82) is 0 Å². The summed E-state index contributed by atoms with van der Waals surface area (Å²) in [6, 6.07) is 0.645. The third-order valence-electron chi connectivity index (χ3n) is 5.04. The minimum atomic E-state index is 0.571. The molecule has 4 nitrogen and oxygen atoms in total. The van der Waals surface area contributed by atoms with Gasteiger partial charge in [-0.05, 0) is 12.8 Å². The van der Waals surface area contributed by atoms with E-state index in [4.69, 9.17) is 6.42 Å². The van der Waals surface area contributed by atoms with Crippen molar-refractivity contribution >= 4 is 0 Å². The normalized spacial score (nSPS) is 28.9. The lowest BCUT2D eigenvalue weighted by Gasteiger charge is -2.41. The van der Waals surface area contributed by atoms with Gasteiger partial charge in [-0.2, -0.15) is 0 Å². The van der Waals surface area contributed by atoms with Crippen LogP contribution in [-0.4, -0.2) is 58.5 Å². The third kappa shape index (κ3) is 3.48. The average Bonchev–Trinajstić information content (AvgIpc) is 2.93. The quantitative estimate of drug-likeness (QED) is 0.682. The van der Waals surface area contributed by atoms with Gasteiger partial charge in [-0.3, -0.25) is 9.80 Å². The smallest absolute Gasteiger partial charge is 0.110 e. The van der Waals surface area contributed by atoms with E-state index >= 15 is 0 Å². The van der Waals surface area contributed by atoms with E-state index < -0.39 is 0 Å². The second-order valence-electron chi connectivity index (χ2n) is 6.30. The van der Waals surface area contributed by atoms with Crippen LogP contribution in [0.2, 0.25) is 0 Å². The predicted octanol–water partition coefficient (Wildman–Crippen LogP) is 2.08. The van der Waals surface area contributed by atoms with Crippen molar-refractivity contribution in [2.75, 3.05) is 32.7 Å². The number of hydrogen-bond acceptors (Lipinski definition) is 3. The summed E-state index contributed by atoms with van der Waals surface area (Å²) in [7, 11) is 0. The van der Waals surface area contributed by atoms with Gasteiger partial charge in [0.05, 0.1) is 6.54 Å². The van der Waals surface area contributed by atoms with Gasteiger partial charge in [0.2, 0.25) is 0 Å². The Morgan fingerprint density at radius 3 is 2.71 bits per heavy atom. The highest BCUT2D eigenvalue weighted by molar-refractivity contribution is 5.04. The van der Waals surface area contributed by atoms with Crippen molar-refractivity contribution in [3.05, 3.63) is 18.2 Å². The summed E-state index contributed by atoms with van der Waals surface area (Å²) in [5.41, 5.74) is 0. The Hall–Kier alpha value is -1.31. The molecule has 0 radical (unpaired) electrons. The fourth-order valence-electron chi connectivity index (χ4n) is 3.91. The molecule has 4 heteroatoms. The molecule has 2 unspecified atom stereocenters. The van der Waals surface area contributed by atoms with Gasteiger partial charge in [0, 0.05) is 50.5 Å². The molecule has 0 aromatic carbocycles. The zero-order valence-corrected chi connectivity index (χ0v) is 12.8. The molecule has 0 amide bonds. The first-order valence-electron chi connectivity index (χ1n) is 8.27. The topological polar surface area (TPSA) is 35.2 Å². The van der Waals surface area contributed by atoms with Crippen LogP contribution < -0.4 is 0 Å². The molecule has 114 valence electrons. The van der Waals surface area contributed by atoms with Crippen molar-refractivity contribution in [2.45, 2.75) is 44.1 Å². The van der Waals surface area contributed by atoms with Crippen molar-refractivity contribution in [3.63, 3.8) is 0 Å². The number of terminal acetylenes is 1. The van der Waals surface area contributed by atoms with Crippen LogP contribution in [0.1, 0.15) is 43.8 Å². The Balaban J connectivity index is 1.68. The molecule has 1 aromatic heterocycles. The number of rotatable bonds is 3. The molecule has 2 heterocycles. The Morgan fingerprint density at radius 1 is 1.19 bits per heavy atom. The molecule has 0 bridgehead atoms. The molecule has 0 spiro atoms. The monoisotopic (exact) mass is 286 g/mol. The molecular weight excluding hydrogens is 260 g/mol. The summed E-state index contributed by atoms with van der Waals surface area (Å²) in [6.07, 6.45) is 15.9. The largest absolute Gasteiger partial charge is 0.348 e. The number of nitrogens with one attached hydrogen (secondary N) is 1. The molecular formula is C17H26N4. The molecule has 1 saturated heterocycles. The summed E-state index contributed by atoms with van der Waals surface area (Å²) in [5.74, 6) is 4.52. The highest BCUT2D eigenvalue weighted by atomic mass is 15.3. The second kappa shape index (κ2) is 7.11. The Labute approximate surface area is 127 Å². The van der Waals surface area contributed by atoms with E-state index in [0.29, 0.717) is 12.0 Å². The molecule has 1 aliphatic carbocycles. The maximum Gasteiger partial charge on any atom is 0.110 e. The summed E-state index contributed by atoms with van der Waals surface area (Å²) < 4.78 is 0. The van der Waals surface area contributed by atoms with Crippen molar-refractivity contribution in [1.82, 2.24) is 19.8 Å². The Bertz CT molecular complexity index is 454. The first-order chi connectivity index (χ1) is 10.4. The van der Waals surface area contributed by atoms with Crippen LogP contribution in [0.5, 0.6) is 0 Å². The number of aromatic nitrogens is 2. The first-order valence-corrected chi connectivity index (χ1v) is 8.27. The summed E-state index contributed by atoms with van der Waals surface area (Å²) in [4.78, 5) is 13.0. The van der Waals surface area contributed by atoms with E-state index in [1.165, 1.54) is 37.9 Å². The van der Waals surface area contributed by atoms with Crippen LogP contribution in [-0.2, 0) is 0 Å². The third-order valence-corrected chi connectivity index (χ3v) is 5.04. The summed E-state index contributed by atoms with van der Waals surface area (Å²) in [6.45, 7) is 5.28. The molecule has 2 aliphatic rings. The van der Waals surface area contributed by atoms with Gasteiger partial charge in [-0.15, -0.1) is 6.42 Å². The fraction of sp³-hybridized carbons (Fsp3) is 0.706. The Morgan fingerprint density at radius 2 is 2.00 bits per heavy atom. The number of aromatic amines is 1. The number of H-pyrrole nitrogens is 1. The summed E-state index contributed by atoms with van der Waals surface area (Å²) in [5, 5.41) is 0. The number of hydrogen-bond donors (Lipinski definition) is 1. The van der Waals surface area contributed by atoms with Crippen LogP contribution in [0.15, 0.2) is 12.4 Å². The van der Waals surface area contributed by atoms with Gasteiger partial charge in [0.25, 0.3) is 0 Å². The lowest BCUT2D eigenvalue weighted by molar-refractivity contribution is 0.0858. The lowest BCUT2D eigenvalue weighted by Crippen LogP contribution is -2.51. The average molecular weight is 286 g/mol. The summed E-state index contributed by atoms with van der Waals surface area (Å²) >= 11 is 0. The molecule has 1 saturated carbocycles. The zero-order valence-electron chi connectivity index (χ0n) is 12.8. The fourth-order valence-corrected chi connectivity index (χ4v) is 3.91. The van der Waals surface area contributed by atoms with E-state index in [2.05, 4.69) is 25.7 Å². The minimum absolute atomic E-state index is 0.571. The van der Waals surface area contributed by atoms with Crippen LogP contribution >= 0.6 is 0 Å². The highest BCUT2D eigenvalue weighted by Gasteiger charge is 2.32. The molecule has 2 fully saturated rings. The van der Waals surface area contributed by atoms with Crippen molar-refractivity contribution < 1.29 is 0 Å². The van der Waals surface area contributed by atoms with E-state index in [0.717, 1.165) is 32.7 Å². The predicted molar refractivity (Wildman–Crippen MR) is 85.0 cm³/mol. The number of piperazine rings is 1. The maximum atomic E-state index is 5.43. The van der Waals surface area contributed by atoms with Gasteiger partial charge in [-0.1, -0.05) is 25.2 Å². The van der Waals surface area contributed by atoms with E-state index in [-0.39, 0.29) is 0 Å². The SMILES string of the molecule is C#CCN1CCN(C2CCCCCC2c2ncc[nH]2)CC1.